The molecule has 1 radical (unpaired) electrons. The van der Waals surface area contributed by atoms with Crippen LogP contribution in [0.5, 0.6) is 0 Å². The highest BCUT2D eigenvalue weighted by atomic mass is 14.2. The molecule has 1 atom stereocenters. The third-order valence-corrected chi connectivity index (χ3v) is 4.36. The van der Waals surface area contributed by atoms with Crippen LogP contribution in [0.25, 0.3) is 0 Å². The average Bonchev–Trinajstić information content (AvgIpc) is 2.55. The van der Waals surface area contributed by atoms with Crippen molar-refractivity contribution in [3.8, 4) is 24.2 Å². The molecule has 0 rings (SSSR count). The Morgan fingerprint density at radius 1 is 0.818 bits per heavy atom. The summed E-state index contributed by atoms with van der Waals surface area (Å²) in [5.41, 5.74) is 0. The summed E-state index contributed by atoms with van der Waals surface area (Å²) < 4.78 is 0. The van der Waals surface area contributed by atoms with Crippen LogP contribution in [-0.4, -0.2) is 0 Å². The zero-order valence-corrected chi connectivity index (χ0v) is 15.3. The van der Waals surface area contributed by atoms with Gasteiger partial charge in [0.25, 0.3) is 0 Å². The summed E-state index contributed by atoms with van der Waals surface area (Å²) in [6, 6.07) is 0. The van der Waals surface area contributed by atoms with Crippen molar-refractivity contribution in [3.63, 3.8) is 0 Å². The van der Waals surface area contributed by atoms with Crippen molar-refractivity contribution in [2.75, 3.05) is 0 Å². The van der Waals surface area contributed by atoms with Gasteiger partial charge in [0.1, 0.15) is 0 Å². The number of unbranched alkanes of at least 4 members (excludes halogenated alkanes) is 7. The number of hydrogen-bond acceptors (Lipinski definition) is 0. The van der Waals surface area contributed by atoms with Crippen molar-refractivity contribution >= 4 is 0 Å². The molecule has 0 aromatic heterocycles. The van der Waals surface area contributed by atoms with Gasteiger partial charge in [-0.15, -0.1) is 18.3 Å². The number of terminal acetylenes is 1. The lowest BCUT2D eigenvalue weighted by atomic mass is 9.83. The SMILES string of the molecule is C#C[C](CCCCCCC#CCCCC)C(CC)CCCC. The molecule has 0 aliphatic rings. The van der Waals surface area contributed by atoms with Crippen LogP contribution in [-0.2, 0) is 0 Å². The van der Waals surface area contributed by atoms with Crippen LogP contribution < -0.4 is 0 Å². The minimum absolute atomic E-state index is 0.661. The minimum Gasteiger partial charge on any atom is -0.119 e. The Balaban J connectivity index is 3.69. The first-order valence-electron chi connectivity index (χ1n) is 9.58. The van der Waals surface area contributed by atoms with Crippen molar-refractivity contribution in [3.05, 3.63) is 5.92 Å². The summed E-state index contributed by atoms with van der Waals surface area (Å²) in [5, 5.41) is 0. The van der Waals surface area contributed by atoms with E-state index in [2.05, 4.69) is 38.5 Å². The molecule has 0 aromatic rings. The van der Waals surface area contributed by atoms with Crippen LogP contribution in [0.1, 0.15) is 104 Å². The molecular weight excluding hydrogens is 264 g/mol. The molecule has 125 valence electrons. The Labute approximate surface area is 140 Å². The molecule has 0 bridgehead atoms. The zero-order chi connectivity index (χ0) is 16.5. The molecule has 0 fully saturated rings. The second-order valence-corrected chi connectivity index (χ2v) is 6.29. The lowest BCUT2D eigenvalue weighted by Crippen LogP contribution is -2.10. The summed E-state index contributed by atoms with van der Waals surface area (Å²) in [5.74, 6) is 11.6. The Morgan fingerprint density at radius 3 is 2.05 bits per heavy atom. The molecule has 0 aromatic carbocycles. The maximum Gasteiger partial charge on any atom is 0.0507 e. The van der Waals surface area contributed by atoms with E-state index in [1.54, 1.807) is 0 Å². The summed E-state index contributed by atoms with van der Waals surface area (Å²) in [6.07, 6.45) is 21.7. The molecule has 0 N–H and O–H groups in total. The highest BCUT2D eigenvalue weighted by molar-refractivity contribution is 5.19. The van der Waals surface area contributed by atoms with E-state index >= 15 is 0 Å². The second kappa shape index (κ2) is 16.5. The Kier molecular flexibility index (Phi) is 15.8. The van der Waals surface area contributed by atoms with E-state index in [4.69, 9.17) is 6.42 Å². The zero-order valence-electron chi connectivity index (χ0n) is 15.3. The second-order valence-electron chi connectivity index (χ2n) is 6.29. The molecule has 0 aliphatic heterocycles. The Hall–Kier alpha value is -0.880. The van der Waals surface area contributed by atoms with Crippen molar-refractivity contribution in [2.24, 2.45) is 5.92 Å². The first-order valence-corrected chi connectivity index (χ1v) is 9.58. The van der Waals surface area contributed by atoms with Gasteiger partial charge in [-0.1, -0.05) is 71.6 Å². The van der Waals surface area contributed by atoms with Gasteiger partial charge >= 0.3 is 0 Å². The third-order valence-electron chi connectivity index (χ3n) is 4.36. The van der Waals surface area contributed by atoms with Gasteiger partial charge < -0.3 is 0 Å². The van der Waals surface area contributed by atoms with E-state index in [9.17, 15) is 0 Å². The molecule has 0 saturated carbocycles. The molecule has 0 heterocycles. The van der Waals surface area contributed by atoms with Crippen LogP contribution in [0.2, 0.25) is 0 Å². The number of rotatable bonds is 13. The largest absolute Gasteiger partial charge is 0.119 e. The first kappa shape index (κ1) is 21.1. The lowest BCUT2D eigenvalue weighted by molar-refractivity contribution is 0.457. The molecule has 0 amide bonds. The predicted octanol–water partition coefficient (Wildman–Crippen LogP) is 6.94. The molecule has 22 heavy (non-hydrogen) atoms. The van der Waals surface area contributed by atoms with E-state index in [0.29, 0.717) is 5.92 Å². The summed E-state index contributed by atoms with van der Waals surface area (Å²) >= 11 is 0. The topological polar surface area (TPSA) is 0 Å². The van der Waals surface area contributed by atoms with Crippen LogP contribution in [0.15, 0.2) is 0 Å². The maximum absolute atomic E-state index is 5.74. The fraction of sp³-hybridized carbons (Fsp3) is 0.773. The molecule has 1 unspecified atom stereocenters. The van der Waals surface area contributed by atoms with Crippen LogP contribution in [0.3, 0.4) is 0 Å². The fourth-order valence-corrected chi connectivity index (χ4v) is 2.79. The summed E-state index contributed by atoms with van der Waals surface area (Å²) in [6.45, 7) is 6.75. The first-order chi connectivity index (χ1) is 10.8. The van der Waals surface area contributed by atoms with Gasteiger partial charge in [0.15, 0.2) is 0 Å². The molecule has 0 spiro atoms. The minimum atomic E-state index is 0.661. The van der Waals surface area contributed by atoms with Crippen molar-refractivity contribution in [1.29, 1.82) is 0 Å². The Morgan fingerprint density at radius 2 is 1.45 bits per heavy atom. The fourth-order valence-electron chi connectivity index (χ4n) is 2.79. The van der Waals surface area contributed by atoms with Gasteiger partial charge in [0, 0.05) is 12.8 Å². The average molecular weight is 302 g/mol. The third kappa shape index (κ3) is 11.7. The van der Waals surface area contributed by atoms with E-state index in [0.717, 1.165) is 19.3 Å². The smallest absolute Gasteiger partial charge is 0.0507 e. The standard InChI is InChI=1S/C22H37/c1-5-9-11-12-13-14-15-16-17-18-20-22(8-4)21(7-3)19-10-6-2/h4,21H,5-7,9-11,14-20H2,1-3H3. The molecule has 0 heteroatoms. The van der Waals surface area contributed by atoms with Gasteiger partial charge in [0.2, 0.25) is 0 Å². The molecule has 0 nitrogen and oxygen atoms in total. The van der Waals surface area contributed by atoms with E-state index in [-0.39, 0.29) is 0 Å². The van der Waals surface area contributed by atoms with Crippen LogP contribution in [0.4, 0.5) is 0 Å². The van der Waals surface area contributed by atoms with E-state index in [1.807, 2.05) is 0 Å². The highest BCUT2D eigenvalue weighted by Crippen LogP contribution is 2.28. The van der Waals surface area contributed by atoms with Gasteiger partial charge in [-0.3, -0.25) is 0 Å². The quantitative estimate of drug-likeness (QED) is 0.255. The number of hydrogen-bond donors (Lipinski definition) is 0. The van der Waals surface area contributed by atoms with Crippen molar-refractivity contribution in [2.45, 2.75) is 104 Å². The molecule has 0 saturated heterocycles. The molecular formula is C22H37. The molecule has 0 aliphatic carbocycles. The van der Waals surface area contributed by atoms with Crippen LogP contribution >= 0.6 is 0 Å². The van der Waals surface area contributed by atoms with Crippen molar-refractivity contribution in [1.82, 2.24) is 0 Å². The maximum atomic E-state index is 5.74. The van der Waals surface area contributed by atoms with Crippen LogP contribution in [0, 0.1) is 36.0 Å². The normalized spacial score (nSPS) is 11.8. The van der Waals surface area contributed by atoms with E-state index in [1.165, 1.54) is 70.1 Å². The Bertz CT molecular complexity index is 322. The predicted molar refractivity (Wildman–Crippen MR) is 100 cm³/mol. The van der Waals surface area contributed by atoms with Gasteiger partial charge in [0.05, 0.1) is 5.92 Å². The lowest BCUT2D eigenvalue weighted by Gasteiger charge is -2.20. The van der Waals surface area contributed by atoms with Gasteiger partial charge in [-0.05, 0) is 31.6 Å². The van der Waals surface area contributed by atoms with Gasteiger partial charge in [-0.25, -0.2) is 0 Å². The van der Waals surface area contributed by atoms with E-state index < -0.39 is 0 Å². The van der Waals surface area contributed by atoms with Crippen molar-refractivity contribution < 1.29 is 0 Å². The summed E-state index contributed by atoms with van der Waals surface area (Å²) in [4.78, 5) is 0. The summed E-state index contributed by atoms with van der Waals surface area (Å²) in [7, 11) is 0. The van der Waals surface area contributed by atoms with Gasteiger partial charge in [-0.2, -0.15) is 0 Å². The highest BCUT2D eigenvalue weighted by Gasteiger charge is 2.17. The monoisotopic (exact) mass is 301 g/mol.